The first kappa shape index (κ1) is 21.2. The second-order valence-corrected chi connectivity index (χ2v) is 6.80. The molecule has 29 heavy (non-hydrogen) atoms. The third-order valence-electron chi connectivity index (χ3n) is 4.09. The summed E-state index contributed by atoms with van der Waals surface area (Å²) in [5, 5.41) is 43.2. The zero-order valence-electron chi connectivity index (χ0n) is 14.4. The highest BCUT2D eigenvalue weighted by molar-refractivity contribution is 6.43. The number of nitrogens with two attached hydrogens (primary N) is 2. The summed E-state index contributed by atoms with van der Waals surface area (Å²) in [6.45, 7) is 0. The maximum absolute atomic E-state index is 11.2. The molecule has 0 unspecified atom stereocenters. The van der Waals surface area contributed by atoms with Crippen LogP contribution in [0.3, 0.4) is 0 Å². The molecular weight excluding hydrogens is 433 g/mol. The van der Waals surface area contributed by atoms with E-state index in [1.165, 1.54) is 0 Å². The summed E-state index contributed by atoms with van der Waals surface area (Å²) < 4.78 is 5.02. The van der Waals surface area contributed by atoms with Crippen LogP contribution >= 0.6 is 23.2 Å². The Morgan fingerprint density at radius 2 is 1.86 bits per heavy atom. The largest absolute Gasteiger partial charge is 0.479 e. The number of carboxylic acids is 1. The zero-order chi connectivity index (χ0) is 21.5. The number of hydrogen-bond acceptors (Lipinski definition) is 10. The van der Waals surface area contributed by atoms with E-state index in [1.807, 2.05) is 0 Å². The van der Waals surface area contributed by atoms with Gasteiger partial charge in [0.1, 0.15) is 18.3 Å². The van der Waals surface area contributed by atoms with E-state index in [9.17, 15) is 20.1 Å². The average molecular weight is 449 g/mol. The number of carbonyl (C=O) groups is 1. The first-order chi connectivity index (χ1) is 13.6. The van der Waals surface area contributed by atoms with Gasteiger partial charge in [-0.1, -0.05) is 40.4 Å². The number of nitrogen functional groups attached to an aromatic ring is 2. The number of halogens is 2. The predicted molar refractivity (Wildman–Crippen MR) is 97.4 cm³/mol. The first-order valence-electron chi connectivity index (χ1n) is 8.01. The number of aliphatic hydroxyl groups excluding tert-OH is 3. The van der Waals surface area contributed by atoms with Crippen LogP contribution in [0.25, 0.3) is 11.3 Å². The summed E-state index contributed by atoms with van der Waals surface area (Å²) in [4.78, 5) is 20.9. The number of aliphatic hydroxyl groups is 3. The van der Waals surface area contributed by atoms with Gasteiger partial charge in [-0.3, -0.25) is 5.73 Å². The second kappa shape index (κ2) is 8.10. The fourth-order valence-corrected chi connectivity index (χ4v) is 3.00. The van der Waals surface area contributed by atoms with Crippen LogP contribution in [0.1, 0.15) is 0 Å². The Morgan fingerprint density at radius 1 is 1.17 bits per heavy atom. The van der Waals surface area contributed by atoms with Crippen LogP contribution in [0, 0.1) is 0 Å². The van der Waals surface area contributed by atoms with Crippen molar-refractivity contribution in [1.82, 2.24) is 10.1 Å². The Bertz CT molecular complexity index is 950. The molecule has 1 saturated heterocycles. The van der Waals surface area contributed by atoms with Crippen molar-refractivity contribution in [2.24, 2.45) is 0 Å². The van der Waals surface area contributed by atoms with Gasteiger partial charge in [-0.25, -0.2) is 4.79 Å². The van der Waals surface area contributed by atoms with Crippen LogP contribution in [-0.2, 0) is 9.53 Å². The zero-order valence-corrected chi connectivity index (χ0v) is 15.9. The molecule has 1 fully saturated rings. The lowest BCUT2D eigenvalue weighted by molar-refractivity contribution is -0.940. The third kappa shape index (κ3) is 3.99. The van der Waals surface area contributed by atoms with E-state index in [2.05, 4.69) is 10.1 Å². The van der Waals surface area contributed by atoms with E-state index in [-0.39, 0.29) is 27.5 Å². The Hall–Kier alpha value is -2.48. The van der Waals surface area contributed by atoms with Gasteiger partial charge in [0.05, 0.1) is 14.9 Å². The van der Waals surface area contributed by atoms with E-state index in [0.717, 1.165) is 0 Å². The minimum absolute atomic E-state index is 0.0207. The van der Waals surface area contributed by atoms with Gasteiger partial charge in [-0.15, -0.1) is 0 Å². The minimum atomic E-state index is -1.89. The lowest BCUT2D eigenvalue weighted by Gasteiger charge is -2.36. The lowest BCUT2D eigenvalue weighted by atomic mass is 9.99. The van der Waals surface area contributed by atoms with Crippen molar-refractivity contribution in [2.45, 2.75) is 30.7 Å². The van der Waals surface area contributed by atoms with Crippen molar-refractivity contribution in [1.29, 1.82) is 0 Å². The van der Waals surface area contributed by atoms with Crippen molar-refractivity contribution in [3.05, 3.63) is 28.2 Å². The van der Waals surface area contributed by atoms with Gasteiger partial charge in [-0.2, -0.15) is 0 Å². The fourth-order valence-electron chi connectivity index (χ4n) is 2.61. The van der Waals surface area contributed by atoms with Gasteiger partial charge in [0.2, 0.25) is 5.82 Å². The van der Waals surface area contributed by atoms with Gasteiger partial charge >= 0.3 is 11.9 Å². The first-order valence-corrected chi connectivity index (χ1v) is 8.76. The topological polar surface area (TPSA) is 198 Å². The molecule has 2 heterocycles. The van der Waals surface area contributed by atoms with E-state index in [4.69, 9.17) is 49.4 Å². The highest BCUT2D eigenvalue weighted by Crippen LogP contribution is 2.34. The van der Waals surface area contributed by atoms with Crippen molar-refractivity contribution < 1.29 is 39.6 Å². The minimum Gasteiger partial charge on any atom is -0.479 e. The molecule has 12 nitrogen and oxygen atoms in total. The molecule has 3 rings (SSSR count). The number of ether oxygens (including phenoxy) is 1. The summed E-state index contributed by atoms with van der Waals surface area (Å²) in [7, 11) is 0. The van der Waals surface area contributed by atoms with Crippen molar-refractivity contribution in [3.63, 3.8) is 0 Å². The Morgan fingerprint density at radius 3 is 2.52 bits per heavy atom. The standard InChI is InChI=1S/C15H15Cl2N5O7/c16-5-3-1-2-4(6(5)17)7-12(18)20-15(19)22(21-7)29-14-10(25)8(23)9(24)11(28-14)13(26)27/h1-3,8-11,14,23-25H,(H4,18,19,20,26,27)/p+1/t8-,9-,10+,11-,14-/m0/s1. The van der Waals surface area contributed by atoms with Crippen LogP contribution in [0.2, 0.25) is 10.0 Å². The quantitative estimate of drug-likeness (QED) is 0.289. The fraction of sp³-hybridized carbons (Fsp3) is 0.333. The van der Waals surface area contributed by atoms with Gasteiger partial charge in [0, 0.05) is 5.56 Å². The summed E-state index contributed by atoms with van der Waals surface area (Å²) in [5.41, 5.74) is 11.9. The van der Waals surface area contributed by atoms with E-state index < -0.39 is 36.7 Å². The summed E-state index contributed by atoms with van der Waals surface area (Å²) in [5.74, 6) is -2.08. The number of aromatic nitrogens is 3. The number of nitrogens with zero attached hydrogens (tertiary/aromatic N) is 3. The molecule has 0 spiro atoms. The molecule has 1 aliphatic rings. The molecule has 1 aromatic carbocycles. The molecule has 14 heteroatoms. The summed E-state index contributed by atoms with van der Waals surface area (Å²) in [6, 6.07) is 4.70. The van der Waals surface area contributed by atoms with E-state index in [1.54, 1.807) is 18.2 Å². The number of rotatable bonds is 4. The number of aliphatic carboxylic acids is 1. The lowest BCUT2D eigenvalue weighted by Crippen LogP contribution is -2.66. The number of hydrogen-bond donors (Lipinski definition) is 6. The Balaban J connectivity index is 1.97. The summed E-state index contributed by atoms with van der Waals surface area (Å²) in [6.07, 6.45) is -9.22. The monoisotopic (exact) mass is 448 g/mol. The van der Waals surface area contributed by atoms with Gasteiger partial charge in [0.25, 0.3) is 6.29 Å². The molecule has 1 aliphatic heterocycles. The maximum Gasteiger partial charge on any atom is 0.449 e. The van der Waals surface area contributed by atoms with E-state index in [0.29, 0.717) is 10.4 Å². The Kier molecular flexibility index (Phi) is 5.93. The van der Waals surface area contributed by atoms with Crippen LogP contribution < -0.4 is 21.2 Å². The van der Waals surface area contributed by atoms with Crippen LogP contribution in [0.5, 0.6) is 0 Å². The summed E-state index contributed by atoms with van der Waals surface area (Å²) >= 11 is 12.2. The molecule has 0 bridgehead atoms. The van der Waals surface area contributed by atoms with Crippen LogP contribution in [0.15, 0.2) is 18.2 Å². The van der Waals surface area contributed by atoms with Gasteiger partial charge in [0.15, 0.2) is 11.8 Å². The molecule has 0 radical (unpaired) electrons. The molecule has 2 aromatic rings. The number of carboxylic acid groups (broad SMARTS) is 1. The molecule has 156 valence electrons. The van der Waals surface area contributed by atoms with Gasteiger partial charge in [-0.05, 0) is 11.1 Å². The molecular formula is C15H16Cl2N5O7+. The molecule has 8 N–H and O–H groups in total. The molecule has 5 atom stereocenters. The van der Waals surface area contributed by atoms with Crippen LogP contribution in [-0.4, -0.2) is 67.2 Å². The third-order valence-corrected chi connectivity index (χ3v) is 4.91. The van der Waals surface area contributed by atoms with Crippen molar-refractivity contribution in [3.8, 4) is 11.3 Å². The van der Waals surface area contributed by atoms with E-state index >= 15 is 0 Å². The molecule has 0 saturated carbocycles. The normalized spacial score (nSPS) is 26.9. The predicted octanol–water partition coefficient (Wildman–Crippen LogP) is -1.78. The molecule has 0 amide bonds. The van der Waals surface area contributed by atoms with Gasteiger partial charge < -0.3 is 35.7 Å². The highest BCUT2D eigenvalue weighted by Gasteiger charge is 2.49. The van der Waals surface area contributed by atoms with Crippen molar-refractivity contribution in [2.75, 3.05) is 11.5 Å². The molecule has 0 aliphatic carbocycles. The number of benzene rings is 1. The smallest absolute Gasteiger partial charge is 0.449 e. The molecule has 1 aromatic heterocycles. The second-order valence-electron chi connectivity index (χ2n) is 6.02. The average Bonchev–Trinajstić information content (AvgIpc) is 2.66. The highest BCUT2D eigenvalue weighted by atomic mass is 35.5. The number of anilines is 2. The SMILES string of the molecule is Nc1nc(N)[n+](O[C@@H]2O[C@H](C(=O)O)[C@@H](O)[C@H](O)[C@H]2O)nc1-c1cccc(Cl)c1Cl. The maximum atomic E-state index is 11.2. The van der Waals surface area contributed by atoms with Crippen molar-refractivity contribution >= 4 is 40.9 Å². The Labute approximate surface area is 172 Å². The van der Waals surface area contributed by atoms with Crippen LogP contribution in [0.4, 0.5) is 11.8 Å².